The number of hydrogen-bond donors (Lipinski definition) is 1. The number of nitrogens with zero attached hydrogens (tertiary/aromatic N) is 3. The van der Waals surface area contributed by atoms with Crippen molar-refractivity contribution in [2.45, 2.75) is 13.3 Å². The SMILES string of the molecule is CCc1ccc2occ(C(=O)N3CCN(c4ncc[nH]4)CC3)c2c1. The van der Waals surface area contributed by atoms with E-state index >= 15 is 0 Å². The van der Waals surface area contributed by atoms with Crippen molar-refractivity contribution in [3.05, 3.63) is 48.0 Å². The first kappa shape index (κ1) is 14.8. The highest BCUT2D eigenvalue weighted by atomic mass is 16.3. The van der Waals surface area contributed by atoms with E-state index in [1.807, 2.05) is 23.2 Å². The van der Waals surface area contributed by atoms with E-state index in [1.54, 1.807) is 12.5 Å². The Balaban J connectivity index is 1.52. The summed E-state index contributed by atoms with van der Waals surface area (Å²) in [6.45, 7) is 5.01. The molecule has 1 amide bonds. The van der Waals surface area contributed by atoms with Gasteiger partial charge in [-0.2, -0.15) is 0 Å². The van der Waals surface area contributed by atoms with Crippen molar-refractivity contribution in [2.24, 2.45) is 0 Å². The zero-order chi connectivity index (χ0) is 16.5. The van der Waals surface area contributed by atoms with Gasteiger partial charge in [0.2, 0.25) is 5.95 Å². The molecule has 1 aliphatic heterocycles. The monoisotopic (exact) mass is 324 g/mol. The molecule has 1 aromatic carbocycles. The van der Waals surface area contributed by atoms with Crippen molar-refractivity contribution < 1.29 is 9.21 Å². The third-order valence-electron chi connectivity index (χ3n) is 4.63. The van der Waals surface area contributed by atoms with Gasteiger partial charge < -0.3 is 19.2 Å². The number of furan rings is 1. The molecule has 0 saturated carbocycles. The van der Waals surface area contributed by atoms with Crippen LogP contribution < -0.4 is 4.90 Å². The molecule has 3 heterocycles. The van der Waals surface area contributed by atoms with E-state index in [-0.39, 0.29) is 5.91 Å². The number of piperazine rings is 1. The average Bonchev–Trinajstić information content (AvgIpc) is 3.30. The molecule has 0 atom stereocenters. The van der Waals surface area contributed by atoms with Gasteiger partial charge in [0.05, 0.1) is 5.56 Å². The van der Waals surface area contributed by atoms with Gasteiger partial charge in [0.1, 0.15) is 11.8 Å². The number of H-pyrrole nitrogens is 1. The van der Waals surface area contributed by atoms with Gasteiger partial charge in [-0.05, 0) is 24.1 Å². The zero-order valence-corrected chi connectivity index (χ0v) is 13.7. The van der Waals surface area contributed by atoms with Crippen LogP contribution in [0.15, 0.2) is 41.3 Å². The van der Waals surface area contributed by atoms with Crippen LogP contribution in [0.25, 0.3) is 11.0 Å². The van der Waals surface area contributed by atoms with Crippen LogP contribution in [0, 0.1) is 0 Å². The number of anilines is 1. The molecule has 124 valence electrons. The van der Waals surface area contributed by atoms with Gasteiger partial charge in [-0.3, -0.25) is 4.79 Å². The molecule has 1 N–H and O–H groups in total. The van der Waals surface area contributed by atoms with Crippen LogP contribution in [0.1, 0.15) is 22.8 Å². The maximum Gasteiger partial charge on any atom is 0.257 e. The van der Waals surface area contributed by atoms with Gasteiger partial charge in [0.15, 0.2) is 0 Å². The fourth-order valence-electron chi connectivity index (χ4n) is 3.18. The summed E-state index contributed by atoms with van der Waals surface area (Å²) in [4.78, 5) is 24.3. The Labute approximate surface area is 140 Å². The molecular weight excluding hydrogens is 304 g/mol. The quantitative estimate of drug-likeness (QED) is 0.804. The summed E-state index contributed by atoms with van der Waals surface area (Å²) in [5.41, 5.74) is 2.64. The number of aryl methyl sites for hydroxylation is 1. The Bertz CT molecular complexity index is 845. The number of fused-ring (bicyclic) bond motifs is 1. The standard InChI is InChI=1S/C18H20N4O2/c1-2-13-3-4-16-14(11-13)15(12-24-16)17(23)21-7-9-22(10-8-21)18-19-5-6-20-18/h3-6,11-12H,2,7-10H2,1H3,(H,19,20). The highest BCUT2D eigenvalue weighted by Gasteiger charge is 2.25. The van der Waals surface area contributed by atoms with Gasteiger partial charge in [-0.1, -0.05) is 13.0 Å². The van der Waals surface area contributed by atoms with Crippen molar-refractivity contribution in [2.75, 3.05) is 31.1 Å². The van der Waals surface area contributed by atoms with Crippen LogP contribution in [0.3, 0.4) is 0 Å². The lowest BCUT2D eigenvalue weighted by Gasteiger charge is -2.34. The molecule has 6 nitrogen and oxygen atoms in total. The Morgan fingerprint density at radius 2 is 2.12 bits per heavy atom. The molecule has 24 heavy (non-hydrogen) atoms. The van der Waals surface area contributed by atoms with Crippen molar-refractivity contribution in [3.63, 3.8) is 0 Å². The summed E-state index contributed by atoms with van der Waals surface area (Å²) < 4.78 is 5.57. The first-order valence-electron chi connectivity index (χ1n) is 8.30. The van der Waals surface area contributed by atoms with Gasteiger partial charge in [0, 0.05) is 44.0 Å². The van der Waals surface area contributed by atoms with Crippen molar-refractivity contribution in [1.82, 2.24) is 14.9 Å². The summed E-state index contributed by atoms with van der Waals surface area (Å²) in [7, 11) is 0. The Hall–Kier alpha value is -2.76. The lowest BCUT2D eigenvalue weighted by Crippen LogP contribution is -2.49. The molecule has 0 aliphatic carbocycles. The van der Waals surface area contributed by atoms with E-state index in [0.717, 1.165) is 36.4 Å². The summed E-state index contributed by atoms with van der Waals surface area (Å²) in [5.74, 6) is 0.907. The minimum Gasteiger partial charge on any atom is -0.463 e. The number of nitrogens with one attached hydrogen (secondary N) is 1. The van der Waals surface area contributed by atoms with Crippen LogP contribution in [0.5, 0.6) is 0 Å². The summed E-state index contributed by atoms with van der Waals surface area (Å²) in [6.07, 6.45) is 6.09. The van der Waals surface area contributed by atoms with Crippen LogP contribution in [-0.2, 0) is 6.42 Å². The molecule has 6 heteroatoms. The van der Waals surface area contributed by atoms with Crippen molar-refractivity contribution in [1.29, 1.82) is 0 Å². The van der Waals surface area contributed by atoms with E-state index in [0.29, 0.717) is 18.7 Å². The highest BCUT2D eigenvalue weighted by Crippen LogP contribution is 2.25. The minimum atomic E-state index is 0.0427. The van der Waals surface area contributed by atoms with E-state index in [1.165, 1.54) is 5.56 Å². The van der Waals surface area contributed by atoms with Gasteiger partial charge in [0.25, 0.3) is 5.91 Å². The summed E-state index contributed by atoms with van der Waals surface area (Å²) >= 11 is 0. The first-order chi connectivity index (χ1) is 11.8. The lowest BCUT2D eigenvalue weighted by molar-refractivity contribution is 0.0747. The molecule has 0 spiro atoms. The number of benzene rings is 1. The van der Waals surface area contributed by atoms with Crippen LogP contribution in [0.4, 0.5) is 5.95 Å². The molecule has 1 aliphatic rings. The van der Waals surface area contributed by atoms with E-state index in [2.05, 4.69) is 27.9 Å². The van der Waals surface area contributed by atoms with Crippen molar-refractivity contribution >= 4 is 22.8 Å². The maximum atomic E-state index is 12.9. The van der Waals surface area contributed by atoms with Crippen LogP contribution in [-0.4, -0.2) is 47.0 Å². The van der Waals surface area contributed by atoms with Gasteiger partial charge >= 0.3 is 0 Å². The molecule has 3 aromatic rings. The number of hydrogen-bond acceptors (Lipinski definition) is 4. The summed E-state index contributed by atoms with van der Waals surface area (Å²) in [6, 6.07) is 6.05. The number of carbonyl (C=O) groups is 1. The number of amides is 1. The predicted octanol–water partition coefficient (Wildman–Crippen LogP) is 2.68. The maximum absolute atomic E-state index is 12.9. The smallest absolute Gasteiger partial charge is 0.257 e. The topological polar surface area (TPSA) is 65.4 Å². The second-order valence-corrected chi connectivity index (χ2v) is 6.03. The normalized spacial score (nSPS) is 15.2. The van der Waals surface area contributed by atoms with Crippen LogP contribution in [0.2, 0.25) is 0 Å². The van der Waals surface area contributed by atoms with Gasteiger partial charge in [-0.25, -0.2) is 4.98 Å². The third-order valence-corrected chi connectivity index (χ3v) is 4.63. The third kappa shape index (κ3) is 2.54. The average molecular weight is 324 g/mol. The fourth-order valence-corrected chi connectivity index (χ4v) is 3.18. The van der Waals surface area contributed by atoms with Crippen molar-refractivity contribution in [3.8, 4) is 0 Å². The number of aromatic nitrogens is 2. The molecule has 0 bridgehead atoms. The number of imidazole rings is 1. The number of rotatable bonds is 3. The van der Waals surface area contributed by atoms with E-state index in [9.17, 15) is 4.79 Å². The molecule has 1 fully saturated rings. The van der Waals surface area contributed by atoms with Crippen LogP contribution >= 0.6 is 0 Å². The predicted molar refractivity (Wildman–Crippen MR) is 92.3 cm³/mol. The number of carbonyl (C=O) groups excluding carboxylic acids is 1. The largest absolute Gasteiger partial charge is 0.463 e. The fraction of sp³-hybridized carbons (Fsp3) is 0.333. The minimum absolute atomic E-state index is 0.0427. The second-order valence-electron chi connectivity index (χ2n) is 6.03. The lowest BCUT2D eigenvalue weighted by atomic mass is 10.1. The highest BCUT2D eigenvalue weighted by molar-refractivity contribution is 6.06. The molecule has 4 rings (SSSR count). The zero-order valence-electron chi connectivity index (χ0n) is 13.7. The molecular formula is C18H20N4O2. The second kappa shape index (κ2) is 6.03. The summed E-state index contributed by atoms with van der Waals surface area (Å²) in [5, 5.41) is 0.910. The molecule has 2 aromatic heterocycles. The first-order valence-corrected chi connectivity index (χ1v) is 8.30. The molecule has 1 saturated heterocycles. The number of aromatic amines is 1. The Morgan fingerprint density at radius 3 is 2.83 bits per heavy atom. The molecule has 0 radical (unpaired) electrons. The van der Waals surface area contributed by atoms with Gasteiger partial charge in [-0.15, -0.1) is 0 Å². The van der Waals surface area contributed by atoms with E-state index < -0.39 is 0 Å². The Morgan fingerprint density at radius 1 is 1.29 bits per heavy atom. The Kier molecular flexibility index (Phi) is 3.72. The molecule has 0 unspecified atom stereocenters. The van der Waals surface area contributed by atoms with E-state index in [4.69, 9.17) is 4.42 Å².